The van der Waals surface area contributed by atoms with E-state index in [0.717, 1.165) is 34.1 Å². The van der Waals surface area contributed by atoms with Crippen molar-refractivity contribution in [2.24, 2.45) is 0 Å². The monoisotopic (exact) mass is 1280 g/mol. The first-order valence-electron chi connectivity index (χ1n) is 33.5. The predicted molar refractivity (Wildman–Crippen MR) is 424 cm³/mol. The molecule has 19 aromatic rings. The highest BCUT2D eigenvalue weighted by Crippen LogP contribution is 2.51. The van der Waals surface area contributed by atoms with Crippen molar-refractivity contribution in [1.29, 1.82) is 0 Å². The fourth-order valence-electron chi connectivity index (χ4n) is 15.1. The zero-order chi connectivity index (χ0) is 64.6. The molecule has 0 unspecified atom stereocenters. The Morgan fingerprint density at radius 3 is 1.06 bits per heavy atom. The van der Waals surface area contributed by atoms with Crippen LogP contribution in [0.1, 0.15) is 0 Å². The van der Waals surface area contributed by atoms with Crippen molar-refractivity contribution >= 4 is 140 Å². The van der Waals surface area contributed by atoms with E-state index in [2.05, 4.69) is 374 Å². The molecule has 0 atom stereocenters. The maximum absolute atomic E-state index is 2.47. The van der Waals surface area contributed by atoms with Crippen molar-refractivity contribution in [3.63, 3.8) is 0 Å². The molecule has 4 heteroatoms. The van der Waals surface area contributed by atoms with E-state index < -0.39 is 0 Å². The minimum Gasteiger partial charge on any atom is -0.309 e. The van der Waals surface area contributed by atoms with Gasteiger partial charge in [0.05, 0.1) is 22.7 Å². The Bertz CT molecular complexity index is 6310. The number of thiophene rings is 2. The van der Waals surface area contributed by atoms with Gasteiger partial charge in [0.2, 0.25) is 0 Å². The lowest BCUT2D eigenvalue weighted by Crippen LogP contribution is -2.11. The molecule has 458 valence electrons. The van der Waals surface area contributed by atoms with Gasteiger partial charge in [-0.2, -0.15) is 0 Å². The Labute approximate surface area is 576 Å². The van der Waals surface area contributed by atoms with E-state index in [4.69, 9.17) is 0 Å². The van der Waals surface area contributed by atoms with Gasteiger partial charge in [-0.15, -0.1) is 22.7 Å². The second-order valence-corrected chi connectivity index (χ2v) is 27.5. The lowest BCUT2D eigenvalue weighted by Gasteiger charge is -2.29. The Hall–Kier alpha value is -12.2. The highest BCUT2D eigenvalue weighted by atomic mass is 32.1. The van der Waals surface area contributed by atoms with E-state index in [1.54, 1.807) is 0 Å². The normalized spacial score (nSPS) is 11.7. The zero-order valence-corrected chi connectivity index (χ0v) is 55.0. The average molecular weight is 1280 g/mol. The molecule has 0 amide bonds. The number of nitrogens with zero attached hydrogens (tertiary/aromatic N) is 2. The van der Waals surface area contributed by atoms with Crippen LogP contribution >= 0.6 is 22.7 Å². The van der Waals surface area contributed by atoms with Gasteiger partial charge in [-0.1, -0.05) is 291 Å². The first-order chi connectivity index (χ1) is 48.6. The molecule has 0 bridgehead atoms. The third-order valence-electron chi connectivity index (χ3n) is 19.9. The number of anilines is 6. The lowest BCUT2D eigenvalue weighted by molar-refractivity contribution is 1.30. The van der Waals surface area contributed by atoms with Crippen molar-refractivity contribution in [3.05, 3.63) is 364 Å². The van der Waals surface area contributed by atoms with Gasteiger partial charge in [-0.25, -0.2) is 0 Å². The van der Waals surface area contributed by atoms with E-state index in [-0.39, 0.29) is 0 Å². The van der Waals surface area contributed by atoms with Gasteiger partial charge in [0.25, 0.3) is 0 Å². The summed E-state index contributed by atoms with van der Waals surface area (Å²) in [5, 5.41) is 14.9. The molecule has 2 nitrogen and oxygen atoms in total. The second kappa shape index (κ2) is 23.9. The third kappa shape index (κ3) is 9.91. The van der Waals surface area contributed by atoms with Crippen molar-refractivity contribution < 1.29 is 0 Å². The molecule has 0 aliphatic rings. The lowest BCUT2D eigenvalue weighted by atomic mass is 9.95. The summed E-state index contributed by atoms with van der Waals surface area (Å²) in [4.78, 5) is 4.92. The molecular formula is C94H60N2S2. The number of rotatable bonds is 12. The predicted octanol–water partition coefficient (Wildman–Crippen LogP) is 28.0. The van der Waals surface area contributed by atoms with Gasteiger partial charge in [0.1, 0.15) is 0 Å². The van der Waals surface area contributed by atoms with Gasteiger partial charge >= 0.3 is 0 Å². The van der Waals surface area contributed by atoms with E-state index in [1.165, 1.54) is 150 Å². The minimum absolute atomic E-state index is 1.10. The number of hydrogen-bond acceptors (Lipinski definition) is 4. The molecule has 0 aliphatic carbocycles. The summed E-state index contributed by atoms with van der Waals surface area (Å²) >= 11 is 3.78. The average Bonchev–Trinajstić information content (AvgIpc) is 1.46. The van der Waals surface area contributed by atoms with E-state index >= 15 is 0 Å². The van der Waals surface area contributed by atoms with Gasteiger partial charge in [-0.3, -0.25) is 0 Å². The highest BCUT2D eigenvalue weighted by Gasteiger charge is 2.24. The number of hydrogen-bond donors (Lipinski definition) is 0. The fraction of sp³-hybridized carbons (Fsp3) is 0. The van der Waals surface area contributed by atoms with E-state index in [0.29, 0.717) is 0 Å². The van der Waals surface area contributed by atoms with Crippen molar-refractivity contribution in [2.75, 3.05) is 9.80 Å². The van der Waals surface area contributed by atoms with Crippen LogP contribution in [0.25, 0.3) is 150 Å². The van der Waals surface area contributed by atoms with E-state index in [9.17, 15) is 0 Å². The molecule has 17 aromatic carbocycles. The fourth-order valence-corrected chi connectivity index (χ4v) is 17.7. The Morgan fingerprint density at radius 1 is 0.173 bits per heavy atom. The Kier molecular flexibility index (Phi) is 14.0. The summed E-state index contributed by atoms with van der Waals surface area (Å²) in [6.45, 7) is 0. The number of fused-ring (bicyclic) bond motifs is 10. The molecule has 2 aromatic heterocycles. The molecule has 0 radical (unpaired) electrons. The summed E-state index contributed by atoms with van der Waals surface area (Å²) in [5.41, 5.74) is 21.1. The first kappa shape index (κ1) is 57.3. The van der Waals surface area contributed by atoms with Crippen molar-refractivity contribution in [3.8, 4) is 66.8 Å². The van der Waals surface area contributed by atoms with Gasteiger partial charge in [0, 0.05) is 84.7 Å². The topological polar surface area (TPSA) is 6.48 Å². The van der Waals surface area contributed by atoms with Crippen LogP contribution in [0.4, 0.5) is 34.1 Å². The van der Waals surface area contributed by atoms with Crippen LogP contribution in [0, 0.1) is 0 Å². The Morgan fingerprint density at radius 2 is 0.500 bits per heavy atom. The molecular weight excluding hydrogens is 1220 g/mol. The summed E-state index contributed by atoms with van der Waals surface area (Å²) < 4.78 is 5.17. The SMILES string of the molecule is c1ccc(N(c2ccc(-c3ccc(-c4ccc5ccc(-c6cccc7c6sc6c(-c8ccccc8N(c8ccc(-c9ccc%10ccccc%10c9)cc8)c8cccc9ccccc89)cccc67)cc5c4)cc3)cc2)c2cccc3ccccc23)c(-c2cccc3c2sc2ccccc23)c1. The highest BCUT2D eigenvalue weighted by molar-refractivity contribution is 7.27. The second-order valence-electron chi connectivity index (χ2n) is 25.5. The van der Waals surface area contributed by atoms with E-state index in [1.807, 2.05) is 22.7 Å². The van der Waals surface area contributed by atoms with Crippen LogP contribution in [0.5, 0.6) is 0 Å². The molecule has 19 rings (SSSR count). The quantitative estimate of drug-likeness (QED) is 0.120. The zero-order valence-electron chi connectivity index (χ0n) is 53.4. The molecule has 0 aliphatic heterocycles. The molecule has 0 saturated heterocycles. The summed E-state index contributed by atoms with van der Waals surface area (Å²) in [6.07, 6.45) is 0. The smallest absolute Gasteiger partial charge is 0.0540 e. The number of benzene rings is 17. The van der Waals surface area contributed by atoms with Gasteiger partial charge in [0.15, 0.2) is 0 Å². The summed E-state index contributed by atoms with van der Waals surface area (Å²) in [6, 6.07) is 135. The molecule has 0 N–H and O–H groups in total. The van der Waals surface area contributed by atoms with Crippen LogP contribution in [0.2, 0.25) is 0 Å². The molecule has 0 fully saturated rings. The summed E-state index contributed by atoms with van der Waals surface area (Å²) in [5.74, 6) is 0. The standard InChI is InChI=1S/C94H60N2S2/c1-2-21-69-58-70(47-44-61(69)18-1)65-52-56-75(57-53-65)96(88-38-14-23-68-20-4-6-25-77(68)88)90-36-11-8-27-80(90)83-31-17-34-86-85-33-15-29-78(92(85)98-94(83)86)72-49-46-66-45-48-71(59-73(66)60-72)64-42-40-62(41-43-64)63-50-54-74(55-51-63)95(87-37-13-22-67-19-3-5-24-76(67)87)89-35-10-7-26-79(89)82-30-16-32-84-81-28-9-12-39-91(81)97-93(82)84/h1-60H. The summed E-state index contributed by atoms with van der Waals surface area (Å²) in [7, 11) is 0. The maximum Gasteiger partial charge on any atom is 0.0540 e. The minimum atomic E-state index is 1.10. The largest absolute Gasteiger partial charge is 0.309 e. The van der Waals surface area contributed by atoms with Crippen LogP contribution in [-0.4, -0.2) is 0 Å². The van der Waals surface area contributed by atoms with Crippen molar-refractivity contribution in [1.82, 2.24) is 0 Å². The first-order valence-corrected chi connectivity index (χ1v) is 35.2. The molecule has 0 saturated carbocycles. The maximum atomic E-state index is 2.47. The molecule has 2 heterocycles. The Balaban J connectivity index is 0.644. The molecule has 0 spiro atoms. The third-order valence-corrected chi connectivity index (χ3v) is 22.4. The van der Waals surface area contributed by atoms with Crippen LogP contribution < -0.4 is 9.80 Å². The van der Waals surface area contributed by atoms with Crippen molar-refractivity contribution in [2.45, 2.75) is 0 Å². The van der Waals surface area contributed by atoms with Crippen LogP contribution in [-0.2, 0) is 0 Å². The van der Waals surface area contributed by atoms with Gasteiger partial charge in [-0.05, 0) is 150 Å². The van der Waals surface area contributed by atoms with Crippen LogP contribution in [0.15, 0.2) is 364 Å². The number of para-hydroxylation sites is 2. The molecule has 98 heavy (non-hydrogen) atoms. The van der Waals surface area contributed by atoms with Crippen LogP contribution in [0.3, 0.4) is 0 Å². The van der Waals surface area contributed by atoms with Gasteiger partial charge < -0.3 is 9.80 Å².